The molecule has 2 rings (SSSR count). The van der Waals surface area contributed by atoms with Gasteiger partial charge in [0.05, 0.1) is 12.0 Å². The van der Waals surface area contributed by atoms with Gasteiger partial charge in [-0.15, -0.1) is 0 Å². The van der Waals surface area contributed by atoms with E-state index in [0.29, 0.717) is 37.2 Å². The van der Waals surface area contributed by atoms with Crippen LogP contribution in [0.4, 0.5) is 11.4 Å². The summed E-state index contributed by atoms with van der Waals surface area (Å²) in [6.45, 7) is 2.38. The Morgan fingerprint density at radius 1 is 1.29 bits per heavy atom. The molecule has 1 fully saturated rings. The quantitative estimate of drug-likeness (QED) is 0.300. The molecule has 1 aliphatic rings. The molecule has 10 nitrogen and oxygen atoms in total. The summed E-state index contributed by atoms with van der Waals surface area (Å²) >= 11 is 0. The van der Waals surface area contributed by atoms with E-state index in [-0.39, 0.29) is 23.4 Å². The summed E-state index contributed by atoms with van der Waals surface area (Å²) < 4.78 is 4.60. The van der Waals surface area contributed by atoms with Gasteiger partial charge in [0, 0.05) is 45.2 Å². The number of hydrogen-bond donors (Lipinski definition) is 1. The molecule has 168 valence electrons. The molecule has 1 heterocycles. The van der Waals surface area contributed by atoms with Gasteiger partial charge < -0.3 is 19.9 Å². The first-order valence-electron chi connectivity index (χ1n) is 9.95. The molecule has 1 aromatic carbocycles. The molecule has 0 radical (unpaired) electrons. The Morgan fingerprint density at radius 2 is 1.94 bits per heavy atom. The van der Waals surface area contributed by atoms with Crippen LogP contribution in [0.3, 0.4) is 0 Å². The van der Waals surface area contributed by atoms with E-state index in [2.05, 4.69) is 10.1 Å². The number of ether oxygens (including phenoxy) is 1. The molecular formula is C21H28N4O6. The van der Waals surface area contributed by atoms with Crippen molar-refractivity contribution in [2.75, 3.05) is 39.2 Å². The third-order valence-electron chi connectivity index (χ3n) is 5.19. The Labute approximate surface area is 181 Å². The number of hydrogen-bond acceptors (Lipinski definition) is 7. The highest BCUT2D eigenvalue weighted by atomic mass is 16.6. The zero-order valence-corrected chi connectivity index (χ0v) is 18.2. The predicted molar refractivity (Wildman–Crippen MR) is 115 cm³/mol. The van der Waals surface area contributed by atoms with Crippen LogP contribution in [-0.4, -0.2) is 67.9 Å². The summed E-state index contributed by atoms with van der Waals surface area (Å²) in [7, 11) is 4.71. The van der Waals surface area contributed by atoms with Crippen LogP contribution in [0.25, 0.3) is 6.08 Å². The second-order valence-corrected chi connectivity index (χ2v) is 7.59. The molecule has 1 saturated heterocycles. The van der Waals surface area contributed by atoms with Crippen molar-refractivity contribution in [1.82, 2.24) is 10.2 Å². The molecule has 2 amide bonds. The molecule has 1 unspecified atom stereocenters. The average molecular weight is 432 g/mol. The highest BCUT2D eigenvalue weighted by molar-refractivity contribution is 5.92. The number of carbonyl (C=O) groups excluding carboxylic acids is 3. The van der Waals surface area contributed by atoms with Crippen molar-refractivity contribution in [1.29, 1.82) is 0 Å². The van der Waals surface area contributed by atoms with E-state index in [4.69, 9.17) is 0 Å². The Balaban J connectivity index is 1.94. The summed E-state index contributed by atoms with van der Waals surface area (Å²) in [5.74, 6) is -1.23. The van der Waals surface area contributed by atoms with Gasteiger partial charge in [0.2, 0.25) is 11.8 Å². The lowest BCUT2D eigenvalue weighted by atomic mass is 9.95. The molecule has 31 heavy (non-hydrogen) atoms. The second-order valence-electron chi connectivity index (χ2n) is 7.59. The average Bonchev–Trinajstić information content (AvgIpc) is 2.76. The first-order valence-corrected chi connectivity index (χ1v) is 9.95. The molecule has 0 aromatic heterocycles. The monoisotopic (exact) mass is 432 g/mol. The topological polar surface area (TPSA) is 122 Å². The number of nitro groups is 1. The molecule has 1 aliphatic heterocycles. The fourth-order valence-electron chi connectivity index (χ4n) is 3.37. The fourth-order valence-corrected chi connectivity index (χ4v) is 3.37. The first-order chi connectivity index (χ1) is 14.6. The van der Waals surface area contributed by atoms with Crippen molar-refractivity contribution in [2.45, 2.75) is 25.8 Å². The SMILES string of the molecule is COC(=O)C(C)NC(=O)C1CCN(C(=O)C=Cc2ccc(N(C)C)c([N+](=O)[O-])c2)CC1. The molecule has 1 aromatic rings. The number of piperidine rings is 1. The Kier molecular flexibility index (Phi) is 8.12. The number of methoxy groups -OCH3 is 1. The summed E-state index contributed by atoms with van der Waals surface area (Å²) in [5.41, 5.74) is 1.000. The van der Waals surface area contributed by atoms with Crippen LogP contribution in [0.15, 0.2) is 24.3 Å². The van der Waals surface area contributed by atoms with Crippen molar-refractivity contribution < 1.29 is 24.0 Å². The van der Waals surface area contributed by atoms with E-state index in [1.54, 1.807) is 49.0 Å². The molecule has 0 aliphatic carbocycles. The lowest BCUT2D eigenvalue weighted by Crippen LogP contribution is -2.46. The zero-order chi connectivity index (χ0) is 23.1. The first kappa shape index (κ1) is 23.8. The minimum atomic E-state index is -0.719. The molecular weight excluding hydrogens is 404 g/mol. The number of nitrogens with zero attached hydrogens (tertiary/aromatic N) is 3. The van der Waals surface area contributed by atoms with Crippen molar-refractivity contribution >= 4 is 35.2 Å². The van der Waals surface area contributed by atoms with Gasteiger partial charge in [0.1, 0.15) is 11.7 Å². The number of esters is 1. The minimum absolute atomic E-state index is 0.0346. The number of rotatable bonds is 7. The number of nitrogens with one attached hydrogen (secondary N) is 1. The lowest BCUT2D eigenvalue weighted by Gasteiger charge is -2.31. The summed E-state index contributed by atoms with van der Waals surface area (Å²) in [6, 6.07) is 4.06. The summed E-state index contributed by atoms with van der Waals surface area (Å²) in [5, 5.41) is 13.9. The van der Waals surface area contributed by atoms with Crippen LogP contribution in [0, 0.1) is 16.0 Å². The van der Waals surface area contributed by atoms with Crippen molar-refractivity contribution in [3.05, 3.63) is 40.0 Å². The summed E-state index contributed by atoms with van der Waals surface area (Å²) in [4.78, 5) is 50.3. The van der Waals surface area contributed by atoms with E-state index in [1.165, 1.54) is 19.3 Å². The standard InChI is InChI=1S/C21H28N4O6/c1-14(21(28)31-4)22-20(27)16-9-11-24(12-10-16)19(26)8-6-15-5-7-17(23(2)3)18(13-15)25(29)30/h5-8,13-14,16H,9-12H2,1-4H3,(H,22,27). The maximum Gasteiger partial charge on any atom is 0.328 e. The number of benzene rings is 1. The van der Waals surface area contributed by atoms with Gasteiger partial charge in [-0.2, -0.15) is 0 Å². The third-order valence-corrected chi connectivity index (χ3v) is 5.19. The second kappa shape index (κ2) is 10.6. The van der Waals surface area contributed by atoms with Crippen LogP contribution in [0.1, 0.15) is 25.3 Å². The Bertz CT molecular complexity index is 875. The van der Waals surface area contributed by atoms with Crippen molar-refractivity contribution in [3.8, 4) is 0 Å². The third kappa shape index (κ3) is 6.27. The molecule has 0 spiro atoms. The largest absolute Gasteiger partial charge is 0.467 e. The lowest BCUT2D eigenvalue weighted by molar-refractivity contribution is -0.384. The zero-order valence-electron chi connectivity index (χ0n) is 18.2. The highest BCUT2D eigenvalue weighted by Crippen LogP contribution is 2.28. The maximum atomic E-state index is 12.5. The van der Waals surface area contributed by atoms with E-state index in [1.807, 2.05) is 0 Å². The van der Waals surface area contributed by atoms with E-state index >= 15 is 0 Å². The smallest absolute Gasteiger partial charge is 0.328 e. The number of nitro benzene ring substituents is 1. The van der Waals surface area contributed by atoms with Gasteiger partial charge in [-0.3, -0.25) is 19.7 Å². The maximum absolute atomic E-state index is 12.5. The normalized spacial score (nSPS) is 15.4. The number of anilines is 1. The number of likely N-dealkylation sites (tertiary alicyclic amines) is 1. The van der Waals surface area contributed by atoms with E-state index in [0.717, 1.165) is 0 Å². The summed E-state index contributed by atoms with van der Waals surface area (Å²) in [6.07, 6.45) is 3.91. The van der Waals surface area contributed by atoms with E-state index < -0.39 is 16.9 Å². The van der Waals surface area contributed by atoms with Gasteiger partial charge in [-0.1, -0.05) is 6.07 Å². The van der Waals surface area contributed by atoms with Crippen molar-refractivity contribution in [2.24, 2.45) is 5.92 Å². The van der Waals surface area contributed by atoms with Crippen LogP contribution < -0.4 is 10.2 Å². The van der Waals surface area contributed by atoms with Gasteiger partial charge in [0.15, 0.2) is 0 Å². The Morgan fingerprint density at radius 3 is 2.48 bits per heavy atom. The van der Waals surface area contributed by atoms with Gasteiger partial charge >= 0.3 is 5.97 Å². The van der Waals surface area contributed by atoms with Gasteiger partial charge in [-0.25, -0.2) is 4.79 Å². The van der Waals surface area contributed by atoms with Gasteiger partial charge in [0.25, 0.3) is 5.69 Å². The van der Waals surface area contributed by atoms with E-state index in [9.17, 15) is 24.5 Å². The Hall–Kier alpha value is -3.43. The van der Waals surface area contributed by atoms with Crippen LogP contribution >= 0.6 is 0 Å². The number of carbonyl (C=O) groups is 3. The molecule has 0 bridgehead atoms. The van der Waals surface area contributed by atoms with Crippen LogP contribution in [0.5, 0.6) is 0 Å². The minimum Gasteiger partial charge on any atom is -0.467 e. The van der Waals surface area contributed by atoms with Crippen molar-refractivity contribution in [3.63, 3.8) is 0 Å². The van der Waals surface area contributed by atoms with Gasteiger partial charge in [-0.05, 0) is 37.5 Å². The number of amides is 2. The van der Waals surface area contributed by atoms with Crippen LogP contribution in [0.2, 0.25) is 0 Å². The fraction of sp³-hybridized carbons (Fsp3) is 0.476. The highest BCUT2D eigenvalue weighted by Gasteiger charge is 2.28. The molecule has 1 atom stereocenters. The molecule has 10 heteroatoms. The molecule has 1 N–H and O–H groups in total. The van der Waals surface area contributed by atoms with Crippen LogP contribution in [-0.2, 0) is 19.1 Å². The molecule has 0 saturated carbocycles. The predicted octanol–water partition coefficient (Wildman–Crippen LogP) is 1.59.